The summed E-state index contributed by atoms with van der Waals surface area (Å²) in [6.07, 6.45) is 0. The number of ether oxygens (including phenoxy) is 1. The van der Waals surface area contributed by atoms with Gasteiger partial charge in [0.1, 0.15) is 11.4 Å². The average Bonchev–Trinajstić information content (AvgIpc) is 3.25. The van der Waals surface area contributed by atoms with Crippen molar-refractivity contribution >= 4 is 21.6 Å². The largest absolute Gasteiger partial charge is 0.496 e. The van der Waals surface area contributed by atoms with Crippen LogP contribution in [0.25, 0.3) is 11.3 Å². The number of aromatic nitrogens is 2. The van der Waals surface area contributed by atoms with Crippen molar-refractivity contribution in [3.63, 3.8) is 0 Å². The molecule has 0 atom stereocenters. The molecule has 196 valence electrons. The topological polar surface area (TPSA) is 116 Å². The van der Waals surface area contributed by atoms with E-state index in [4.69, 9.17) is 15.6 Å². The Morgan fingerprint density at radius 2 is 1.68 bits per heavy atom. The maximum atomic E-state index is 13.4. The molecule has 4 aromatic rings. The van der Waals surface area contributed by atoms with Crippen molar-refractivity contribution in [2.45, 2.75) is 39.1 Å². The maximum absolute atomic E-state index is 13.4. The fourth-order valence-corrected chi connectivity index (χ4v) is 5.52. The summed E-state index contributed by atoms with van der Waals surface area (Å²) in [7, 11) is -2.58. The number of anilines is 1. The molecular weight excluding hydrogens is 488 g/mol. The van der Waals surface area contributed by atoms with E-state index in [1.165, 1.54) is 22.9 Å². The molecule has 8 nitrogen and oxygen atoms in total. The van der Waals surface area contributed by atoms with E-state index in [1.54, 1.807) is 19.2 Å². The average molecular weight is 523 g/mol. The molecule has 0 spiro atoms. The monoisotopic (exact) mass is 522 g/mol. The minimum absolute atomic E-state index is 0. The number of para-hydroxylation sites is 1. The van der Waals surface area contributed by atoms with Crippen LogP contribution in [0.5, 0.6) is 5.75 Å². The zero-order chi connectivity index (χ0) is 26.9. The number of sulfonamides is 1. The summed E-state index contributed by atoms with van der Waals surface area (Å²) in [6.45, 7) is 8.25. The van der Waals surface area contributed by atoms with Crippen molar-refractivity contribution in [1.29, 1.82) is 0 Å². The van der Waals surface area contributed by atoms with Gasteiger partial charge in [-0.3, -0.25) is 9.48 Å². The van der Waals surface area contributed by atoms with E-state index in [9.17, 15) is 13.2 Å². The van der Waals surface area contributed by atoms with Gasteiger partial charge in [0.05, 0.1) is 24.2 Å². The molecule has 3 N–H and O–H groups in total. The van der Waals surface area contributed by atoms with Crippen LogP contribution in [0.1, 0.15) is 41.2 Å². The van der Waals surface area contributed by atoms with Gasteiger partial charge >= 0.3 is 0 Å². The van der Waals surface area contributed by atoms with Gasteiger partial charge in [0, 0.05) is 14.1 Å². The first kappa shape index (κ1) is 26.0. The maximum Gasteiger partial charge on any atom is 0.283 e. The van der Waals surface area contributed by atoms with E-state index in [-0.39, 0.29) is 25.7 Å². The molecule has 0 saturated heterocycles. The van der Waals surface area contributed by atoms with Gasteiger partial charge in [-0.1, -0.05) is 35.9 Å². The number of nitrogen functional groups attached to an aromatic ring is 1. The number of nitrogens with zero attached hydrogens (tertiary/aromatic N) is 2. The molecule has 1 aromatic heterocycles. The standard InChI is InChI=1S/C28H30N4O4S.2H2/c1-17-12-19(3)24(20(4)13-17)16-32-26(15-25(30-32)23-11-6-8-18(2)27(23)36-5)28(33)31-37(34,35)22-10-7-9-21(29)14-22;;/h6-15H,16,29H2,1-5H3,(H,31,33);2*1H. The second-order valence-electron chi connectivity index (χ2n) is 9.11. The normalized spacial score (nSPS) is 11.4. The van der Waals surface area contributed by atoms with Gasteiger partial charge in [-0.2, -0.15) is 5.10 Å². The molecule has 0 aliphatic rings. The summed E-state index contributed by atoms with van der Waals surface area (Å²) in [5.41, 5.74) is 12.5. The molecule has 9 heteroatoms. The van der Waals surface area contributed by atoms with E-state index < -0.39 is 15.9 Å². The van der Waals surface area contributed by atoms with Crippen LogP contribution >= 0.6 is 0 Å². The summed E-state index contributed by atoms with van der Waals surface area (Å²) >= 11 is 0. The van der Waals surface area contributed by atoms with Crippen LogP contribution in [0, 0.1) is 27.7 Å². The fourth-order valence-electron chi connectivity index (χ4n) is 4.50. The van der Waals surface area contributed by atoms with Crippen LogP contribution in [0.2, 0.25) is 0 Å². The number of hydrogen-bond donors (Lipinski definition) is 2. The third kappa shape index (κ3) is 5.36. The summed E-state index contributed by atoms with van der Waals surface area (Å²) in [5, 5.41) is 4.73. The lowest BCUT2D eigenvalue weighted by Gasteiger charge is -2.14. The van der Waals surface area contributed by atoms with Crippen LogP contribution in [0.3, 0.4) is 0 Å². The fraction of sp³-hybridized carbons (Fsp3) is 0.214. The van der Waals surface area contributed by atoms with Crippen molar-refractivity contribution in [2.24, 2.45) is 0 Å². The lowest BCUT2D eigenvalue weighted by atomic mass is 10.00. The predicted octanol–water partition coefficient (Wildman–Crippen LogP) is 5.03. The SMILES string of the molecule is COc1c(C)cccc1-c1cc(C(=O)NS(=O)(=O)c2cccc(N)c2)n(Cc2c(C)cc(C)cc2C)n1.[HH].[HH]. The Balaban J connectivity index is 0.00000267. The Kier molecular flexibility index (Phi) is 7.09. The first-order chi connectivity index (χ1) is 17.5. The van der Waals surface area contributed by atoms with Crippen LogP contribution in [0.15, 0.2) is 65.6 Å². The van der Waals surface area contributed by atoms with Crippen LogP contribution in [-0.4, -0.2) is 31.2 Å². The molecular formula is C28H34N4O4S. The van der Waals surface area contributed by atoms with E-state index >= 15 is 0 Å². The van der Waals surface area contributed by atoms with E-state index in [0.717, 1.165) is 27.8 Å². The third-order valence-electron chi connectivity index (χ3n) is 6.25. The molecule has 0 unspecified atom stereocenters. The molecule has 0 saturated carbocycles. The van der Waals surface area contributed by atoms with E-state index in [2.05, 4.69) is 16.9 Å². The minimum atomic E-state index is -4.16. The highest BCUT2D eigenvalue weighted by Crippen LogP contribution is 2.33. The minimum Gasteiger partial charge on any atom is -0.496 e. The molecule has 0 radical (unpaired) electrons. The lowest BCUT2D eigenvalue weighted by Crippen LogP contribution is -2.32. The Labute approximate surface area is 220 Å². The summed E-state index contributed by atoms with van der Waals surface area (Å²) in [5.74, 6) is -0.163. The van der Waals surface area contributed by atoms with Gasteiger partial charge in [0.15, 0.2) is 0 Å². The zero-order valence-electron chi connectivity index (χ0n) is 21.5. The highest BCUT2D eigenvalue weighted by molar-refractivity contribution is 7.90. The summed E-state index contributed by atoms with van der Waals surface area (Å²) in [4.78, 5) is 13.3. The first-order valence-corrected chi connectivity index (χ1v) is 13.2. The second kappa shape index (κ2) is 10.1. The lowest BCUT2D eigenvalue weighted by molar-refractivity contribution is 0.0971. The molecule has 1 amide bonds. The molecule has 3 aromatic carbocycles. The number of aryl methyl sites for hydroxylation is 4. The van der Waals surface area contributed by atoms with Crippen molar-refractivity contribution in [2.75, 3.05) is 12.8 Å². The van der Waals surface area contributed by atoms with E-state index in [0.29, 0.717) is 17.0 Å². The van der Waals surface area contributed by atoms with Crippen LogP contribution in [-0.2, 0) is 16.6 Å². The number of rotatable bonds is 7. The smallest absolute Gasteiger partial charge is 0.283 e. The number of carbonyl (C=O) groups excluding carboxylic acids is 1. The predicted molar refractivity (Wildman–Crippen MR) is 148 cm³/mol. The number of hydrogen-bond acceptors (Lipinski definition) is 6. The molecule has 0 bridgehead atoms. The van der Waals surface area contributed by atoms with Crippen molar-refractivity contribution in [3.05, 3.63) is 94.2 Å². The van der Waals surface area contributed by atoms with Gasteiger partial charge in [0.25, 0.3) is 15.9 Å². The van der Waals surface area contributed by atoms with E-state index in [1.807, 2.05) is 45.9 Å². The second-order valence-corrected chi connectivity index (χ2v) is 10.8. The van der Waals surface area contributed by atoms with Gasteiger partial charge < -0.3 is 10.5 Å². The summed E-state index contributed by atoms with van der Waals surface area (Å²) in [6, 6.07) is 17.1. The number of methoxy groups -OCH3 is 1. The highest BCUT2D eigenvalue weighted by atomic mass is 32.2. The van der Waals surface area contributed by atoms with Crippen LogP contribution in [0.4, 0.5) is 5.69 Å². The van der Waals surface area contributed by atoms with Gasteiger partial charge in [-0.15, -0.1) is 0 Å². The van der Waals surface area contributed by atoms with Gasteiger partial charge in [-0.25, -0.2) is 13.1 Å². The van der Waals surface area contributed by atoms with Crippen molar-refractivity contribution < 1.29 is 20.8 Å². The molecule has 1 heterocycles. The van der Waals surface area contributed by atoms with Crippen LogP contribution < -0.4 is 15.2 Å². The molecule has 0 aliphatic heterocycles. The Hall–Kier alpha value is -4.11. The van der Waals surface area contributed by atoms with Crippen molar-refractivity contribution in [1.82, 2.24) is 14.5 Å². The molecule has 0 aliphatic carbocycles. The molecule has 4 rings (SSSR count). The number of amides is 1. The van der Waals surface area contributed by atoms with Gasteiger partial charge in [0.2, 0.25) is 0 Å². The highest BCUT2D eigenvalue weighted by Gasteiger charge is 2.25. The number of carbonyl (C=O) groups is 1. The van der Waals surface area contributed by atoms with Gasteiger partial charge in [-0.05, 0) is 80.3 Å². The molecule has 0 fully saturated rings. The zero-order valence-corrected chi connectivity index (χ0v) is 22.3. The number of benzene rings is 3. The van der Waals surface area contributed by atoms with Crippen molar-refractivity contribution in [3.8, 4) is 17.0 Å². The Morgan fingerprint density at radius 1 is 1.00 bits per heavy atom. The third-order valence-corrected chi connectivity index (χ3v) is 7.58. The Bertz CT molecular complexity index is 1590. The molecule has 37 heavy (non-hydrogen) atoms. The number of nitrogens with one attached hydrogen (secondary N) is 1. The quantitative estimate of drug-likeness (QED) is 0.329. The summed E-state index contributed by atoms with van der Waals surface area (Å²) < 4.78 is 35.2. The first-order valence-electron chi connectivity index (χ1n) is 11.7. The Morgan fingerprint density at radius 3 is 2.32 bits per heavy atom. The number of nitrogens with two attached hydrogens (primary N) is 1.